The summed E-state index contributed by atoms with van der Waals surface area (Å²) in [4.78, 5) is 11.9. The van der Waals surface area contributed by atoms with Crippen LogP contribution < -0.4 is 5.73 Å². The van der Waals surface area contributed by atoms with E-state index < -0.39 is 12.0 Å². The van der Waals surface area contributed by atoms with Gasteiger partial charge in [0.25, 0.3) is 0 Å². The summed E-state index contributed by atoms with van der Waals surface area (Å²) in [7, 11) is 0. The fourth-order valence-electron chi connectivity index (χ4n) is 1.06. The molecule has 0 radical (unpaired) electrons. The minimum Gasteiger partial charge on any atom is -0.504 e. The van der Waals surface area contributed by atoms with Crippen LogP contribution in [0.1, 0.15) is 0 Å². The average molecular weight is 200 g/mol. The van der Waals surface area contributed by atoms with Crippen molar-refractivity contribution >= 4 is 5.97 Å². The molecule has 78 valence electrons. The van der Waals surface area contributed by atoms with Gasteiger partial charge >= 0.3 is 5.97 Å². The smallest absolute Gasteiger partial charge is 0.322 e. The molecule has 0 aromatic carbocycles. The molecular formula is C8H12N2O4. The van der Waals surface area contributed by atoms with Gasteiger partial charge in [0, 0.05) is 19.3 Å². The van der Waals surface area contributed by atoms with Gasteiger partial charge in [-0.15, -0.1) is 0 Å². The Labute approximate surface area is 80.6 Å². The van der Waals surface area contributed by atoms with Gasteiger partial charge in [-0.2, -0.15) is 0 Å². The van der Waals surface area contributed by atoms with E-state index in [4.69, 9.17) is 21.1 Å². The zero-order valence-electron chi connectivity index (χ0n) is 7.42. The second-order valence-corrected chi connectivity index (χ2v) is 3.00. The highest BCUT2D eigenvalue weighted by molar-refractivity contribution is 5.73. The molecule has 0 saturated carbocycles. The number of aliphatic carboxylic acids is 1. The van der Waals surface area contributed by atoms with E-state index in [1.54, 1.807) is 0 Å². The summed E-state index contributed by atoms with van der Waals surface area (Å²) in [5.41, 5.74) is 5.29. The SMILES string of the molecule is N[C@@H](CN1C=C(O)C(O)=CC1)C(=O)O. The minimum absolute atomic E-state index is 0.0865. The molecule has 0 aliphatic carbocycles. The van der Waals surface area contributed by atoms with Crippen LogP contribution in [-0.2, 0) is 4.79 Å². The maximum absolute atomic E-state index is 10.4. The van der Waals surface area contributed by atoms with Gasteiger partial charge in [0.15, 0.2) is 11.5 Å². The molecule has 0 unspecified atom stereocenters. The van der Waals surface area contributed by atoms with Crippen molar-refractivity contribution in [1.29, 1.82) is 0 Å². The zero-order chi connectivity index (χ0) is 10.7. The molecule has 0 aromatic rings. The van der Waals surface area contributed by atoms with E-state index in [1.165, 1.54) is 17.2 Å². The predicted octanol–water partition coefficient (Wildman–Crippen LogP) is -0.445. The number of carboxylic acids is 1. The first-order chi connectivity index (χ1) is 6.50. The molecule has 0 saturated heterocycles. The molecule has 0 bridgehead atoms. The van der Waals surface area contributed by atoms with E-state index >= 15 is 0 Å². The van der Waals surface area contributed by atoms with E-state index in [-0.39, 0.29) is 18.1 Å². The van der Waals surface area contributed by atoms with Crippen molar-refractivity contribution in [2.45, 2.75) is 6.04 Å². The standard InChI is InChI=1S/C8H12N2O4/c9-5(8(13)14)3-10-2-1-6(11)7(12)4-10/h1,4-5,11-12H,2-3,9H2,(H,13,14)/t5-/m0/s1. The number of nitrogens with zero attached hydrogens (tertiary/aromatic N) is 1. The molecule has 0 amide bonds. The first-order valence-corrected chi connectivity index (χ1v) is 4.03. The largest absolute Gasteiger partial charge is 0.504 e. The highest BCUT2D eigenvalue weighted by atomic mass is 16.4. The quantitative estimate of drug-likeness (QED) is 0.491. The Morgan fingerprint density at radius 1 is 1.57 bits per heavy atom. The molecule has 0 fully saturated rings. The summed E-state index contributed by atoms with van der Waals surface area (Å²) in [5, 5.41) is 26.7. The minimum atomic E-state index is -1.10. The van der Waals surface area contributed by atoms with Gasteiger partial charge in [-0.25, -0.2) is 0 Å². The lowest BCUT2D eigenvalue weighted by Gasteiger charge is -2.23. The Morgan fingerprint density at radius 2 is 2.21 bits per heavy atom. The Balaban J connectivity index is 2.54. The second-order valence-electron chi connectivity index (χ2n) is 3.00. The van der Waals surface area contributed by atoms with Crippen LogP contribution >= 0.6 is 0 Å². The summed E-state index contributed by atoms with van der Waals surface area (Å²) < 4.78 is 0. The van der Waals surface area contributed by atoms with Crippen molar-refractivity contribution < 1.29 is 20.1 Å². The third kappa shape index (κ3) is 2.40. The molecular weight excluding hydrogens is 188 g/mol. The molecule has 14 heavy (non-hydrogen) atoms. The van der Waals surface area contributed by atoms with Crippen molar-refractivity contribution in [2.24, 2.45) is 5.73 Å². The monoisotopic (exact) mass is 200 g/mol. The lowest BCUT2D eigenvalue weighted by atomic mass is 10.2. The maximum Gasteiger partial charge on any atom is 0.322 e. The number of aliphatic hydroxyl groups excluding tert-OH is 2. The molecule has 1 heterocycles. The van der Waals surface area contributed by atoms with E-state index in [0.717, 1.165) is 0 Å². The maximum atomic E-state index is 10.4. The zero-order valence-corrected chi connectivity index (χ0v) is 7.42. The lowest BCUT2D eigenvalue weighted by Crippen LogP contribution is -2.41. The summed E-state index contributed by atoms with van der Waals surface area (Å²) in [6, 6.07) is -1.01. The molecule has 1 rings (SSSR count). The van der Waals surface area contributed by atoms with Crippen molar-refractivity contribution in [1.82, 2.24) is 4.90 Å². The molecule has 0 spiro atoms. The fourth-order valence-corrected chi connectivity index (χ4v) is 1.06. The number of aliphatic hydroxyl groups is 2. The first-order valence-electron chi connectivity index (χ1n) is 4.03. The highest BCUT2D eigenvalue weighted by Gasteiger charge is 2.17. The average Bonchev–Trinajstić information content (AvgIpc) is 2.11. The Hall–Kier alpha value is -1.69. The number of hydrogen-bond acceptors (Lipinski definition) is 5. The van der Waals surface area contributed by atoms with Crippen LogP contribution in [0.4, 0.5) is 0 Å². The number of carboxylic acid groups (broad SMARTS) is 1. The third-order valence-corrected chi connectivity index (χ3v) is 1.83. The molecule has 0 aromatic heterocycles. The second kappa shape index (κ2) is 4.01. The number of hydrogen-bond donors (Lipinski definition) is 4. The molecule has 5 N–H and O–H groups in total. The van der Waals surface area contributed by atoms with Crippen molar-refractivity contribution in [3.63, 3.8) is 0 Å². The Kier molecular flexibility index (Phi) is 2.98. The van der Waals surface area contributed by atoms with Gasteiger partial charge in [0.2, 0.25) is 0 Å². The van der Waals surface area contributed by atoms with Crippen molar-refractivity contribution in [3.8, 4) is 0 Å². The first kappa shape index (κ1) is 10.4. The Bertz CT molecular complexity index is 298. The van der Waals surface area contributed by atoms with Crippen LogP contribution in [0, 0.1) is 0 Å². The fraction of sp³-hybridized carbons (Fsp3) is 0.375. The summed E-state index contributed by atoms with van der Waals surface area (Å²) >= 11 is 0. The number of rotatable bonds is 3. The highest BCUT2D eigenvalue weighted by Crippen LogP contribution is 2.10. The number of nitrogens with two attached hydrogens (primary N) is 1. The van der Waals surface area contributed by atoms with Gasteiger partial charge in [-0.1, -0.05) is 0 Å². The van der Waals surface area contributed by atoms with Crippen LogP contribution in [-0.4, -0.2) is 45.3 Å². The van der Waals surface area contributed by atoms with Crippen LogP contribution in [0.2, 0.25) is 0 Å². The van der Waals surface area contributed by atoms with Gasteiger partial charge < -0.3 is 26.0 Å². The van der Waals surface area contributed by atoms with Crippen molar-refractivity contribution in [3.05, 3.63) is 23.8 Å². The van der Waals surface area contributed by atoms with Crippen LogP contribution in [0.15, 0.2) is 23.8 Å². The number of carbonyl (C=O) groups is 1. The topological polar surface area (TPSA) is 107 Å². The predicted molar refractivity (Wildman–Crippen MR) is 48.6 cm³/mol. The summed E-state index contributed by atoms with van der Waals surface area (Å²) in [6.07, 6.45) is 2.64. The molecule has 1 aliphatic rings. The van der Waals surface area contributed by atoms with E-state index in [9.17, 15) is 4.79 Å². The normalized spacial score (nSPS) is 18.5. The third-order valence-electron chi connectivity index (χ3n) is 1.83. The summed E-state index contributed by atoms with van der Waals surface area (Å²) in [6.45, 7) is 0.417. The molecule has 6 heteroatoms. The lowest BCUT2D eigenvalue weighted by molar-refractivity contribution is -0.138. The van der Waals surface area contributed by atoms with Gasteiger partial charge in [0.1, 0.15) is 6.04 Å². The van der Waals surface area contributed by atoms with Gasteiger partial charge in [0.05, 0.1) is 0 Å². The summed E-state index contributed by atoms with van der Waals surface area (Å²) in [5.74, 6) is -1.59. The van der Waals surface area contributed by atoms with Crippen LogP contribution in [0.3, 0.4) is 0 Å². The van der Waals surface area contributed by atoms with E-state index in [2.05, 4.69) is 0 Å². The Morgan fingerprint density at radius 3 is 2.71 bits per heavy atom. The van der Waals surface area contributed by atoms with E-state index in [1.807, 2.05) is 0 Å². The van der Waals surface area contributed by atoms with E-state index in [0.29, 0.717) is 6.54 Å². The molecule has 1 atom stereocenters. The van der Waals surface area contributed by atoms with Crippen LogP contribution in [0.5, 0.6) is 0 Å². The molecule has 6 nitrogen and oxygen atoms in total. The van der Waals surface area contributed by atoms with Crippen molar-refractivity contribution in [2.75, 3.05) is 13.1 Å². The van der Waals surface area contributed by atoms with Crippen LogP contribution in [0.25, 0.3) is 0 Å². The molecule has 1 aliphatic heterocycles. The van der Waals surface area contributed by atoms with Gasteiger partial charge in [-0.3, -0.25) is 4.79 Å². The van der Waals surface area contributed by atoms with Gasteiger partial charge in [-0.05, 0) is 6.08 Å².